The summed E-state index contributed by atoms with van der Waals surface area (Å²) in [6.45, 7) is 3.44. The zero-order valence-electron chi connectivity index (χ0n) is 11.5. The Morgan fingerprint density at radius 3 is 2.86 bits per heavy atom. The Morgan fingerprint density at radius 2 is 2.09 bits per heavy atom. The summed E-state index contributed by atoms with van der Waals surface area (Å²) in [5.41, 5.74) is 2.31. The minimum Gasteiger partial charge on any atom is -0.351 e. The molecule has 0 radical (unpaired) electrons. The van der Waals surface area contributed by atoms with Crippen molar-refractivity contribution in [2.75, 3.05) is 31.1 Å². The number of benzene rings is 1. The number of nitrogens with one attached hydrogen (secondary N) is 1. The van der Waals surface area contributed by atoms with E-state index in [1.54, 1.807) is 16.6 Å². The molecule has 0 bridgehead atoms. The minimum atomic E-state index is 0.364. The Bertz CT molecular complexity index is 906. The van der Waals surface area contributed by atoms with Crippen molar-refractivity contribution in [1.29, 1.82) is 5.26 Å². The molecule has 0 saturated carbocycles. The van der Waals surface area contributed by atoms with Gasteiger partial charge in [-0.3, -0.25) is 0 Å². The molecule has 3 heterocycles. The first-order chi connectivity index (χ1) is 10.8. The van der Waals surface area contributed by atoms with Gasteiger partial charge in [-0.1, -0.05) is 11.6 Å². The molecule has 4 rings (SSSR count). The fourth-order valence-electron chi connectivity index (χ4n) is 2.64. The average Bonchev–Trinajstić information content (AvgIpc) is 3.04. The second-order valence-corrected chi connectivity index (χ2v) is 5.43. The Morgan fingerprint density at radius 1 is 1.27 bits per heavy atom. The molecule has 1 aromatic carbocycles. The van der Waals surface area contributed by atoms with E-state index in [4.69, 9.17) is 16.9 Å². The topological polar surface area (TPSA) is 95.0 Å². The number of piperazine rings is 1. The summed E-state index contributed by atoms with van der Waals surface area (Å²) in [4.78, 5) is 6.82. The van der Waals surface area contributed by atoms with Crippen molar-refractivity contribution in [3.63, 3.8) is 0 Å². The van der Waals surface area contributed by atoms with Gasteiger partial charge in [0.05, 0.1) is 21.6 Å². The summed E-state index contributed by atoms with van der Waals surface area (Å²) in [6.07, 6.45) is 0. The van der Waals surface area contributed by atoms with Gasteiger partial charge in [0, 0.05) is 26.2 Å². The van der Waals surface area contributed by atoms with Crippen LogP contribution in [0.2, 0.25) is 5.02 Å². The van der Waals surface area contributed by atoms with E-state index in [1.807, 2.05) is 0 Å². The number of aromatic nitrogens is 5. The summed E-state index contributed by atoms with van der Waals surface area (Å²) >= 11 is 6.11. The number of tetrazole rings is 1. The van der Waals surface area contributed by atoms with Gasteiger partial charge in [0.1, 0.15) is 6.07 Å². The molecule has 110 valence electrons. The van der Waals surface area contributed by atoms with E-state index in [0.717, 1.165) is 32.0 Å². The molecule has 3 aromatic rings. The van der Waals surface area contributed by atoms with Gasteiger partial charge in [-0.15, -0.1) is 5.10 Å². The SMILES string of the molecule is N#Cc1cc2nc(N3CCNCC3)c3nnnn3c2cc1Cl. The normalized spacial score (nSPS) is 15.4. The smallest absolute Gasteiger partial charge is 0.222 e. The van der Waals surface area contributed by atoms with Crippen molar-refractivity contribution in [3.8, 4) is 6.07 Å². The molecule has 0 unspecified atom stereocenters. The van der Waals surface area contributed by atoms with Gasteiger partial charge in [-0.25, -0.2) is 4.98 Å². The lowest BCUT2D eigenvalue weighted by Gasteiger charge is -2.28. The number of hydrogen-bond donors (Lipinski definition) is 1. The van der Waals surface area contributed by atoms with E-state index < -0.39 is 0 Å². The van der Waals surface area contributed by atoms with E-state index >= 15 is 0 Å². The number of halogens is 1. The number of nitriles is 1. The van der Waals surface area contributed by atoms with Crippen molar-refractivity contribution >= 4 is 34.1 Å². The molecule has 9 heteroatoms. The van der Waals surface area contributed by atoms with Crippen LogP contribution in [0.3, 0.4) is 0 Å². The summed E-state index contributed by atoms with van der Waals surface area (Å²) < 4.78 is 1.62. The van der Waals surface area contributed by atoms with Crippen LogP contribution in [0, 0.1) is 11.3 Å². The molecule has 8 nitrogen and oxygen atoms in total. The largest absolute Gasteiger partial charge is 0.351 e. The monoisotopic (exact) mass is 314 g/mol. The van der Waals surface area contributed by atoms with E-state index in [2.05, 4.69) is 36.8 Å². The third kappa shape index (κ3) is 1.94. The Labute approximate surface area is 130 Å². The second-order valence-electron chi connectivity index (χ2n) is 5.02. The van der Waals surface area contributed by atoms with Gasteiger partial charge < -0.3 is 10.2 Å². The average molecular weight is 315 g/mol. The fourth-order valence-corrected chi connectivity index (χ4v) is 2.84. The van der Waals surface area contributed by atoms with E-state index in [1.165, 1.54) is 0 Å². The summed E-state index contributed by atoms with van der Waals surface area (Å²) in [5, 5.41) is 24.7. The zero-order valence-corrected chi connectivity index (χ0v) is 12.2. The predicted molar refractivity (Wildman–Crippen MR) is 80.9 cm³/mol. The van der Waals surface area contributed by atoms with Crippen molar-refractivity contribution in [2.45, 2.75) is 0 Å². The van der Waals surface area contributed by atoms with Crippen molar-refractivity contribution in [2.24, 2.45) is 0 Å². The van der Waals surface area contributed by atoms with Gasteiger partial charge in [0.2, 0.25) is 5.65 Å². The lowest BCUT2D eigenvalue weighted by Crippen LogP contribution is -2.44. The molecule has 1 N–H and O–H groups in total. The van der Waals surface area contributed by atoms with Gasteiger partial charge in [-0.05, 0) is 22.6 Å². The first-order valence-corrected chi connectivity index (χ1v) is 7.23. The Balaban J connectivity index is 2.01. The molecule has 0 aliphatic carbocycles. The maximum absolute atomic E-state index is 9.14. The maximum atomic E-state index is 9.14. The first kappa shape index (κ1) is 13.2. The zero-order chi connectivity index (χ0) is 15.1. The molecular weight excluding hydrogens is 304 g/mol. The minimum absolute atomic E-state index is 0.364. The number of nitrogens with zero attached hydrogens (tertiary/aromatic N) is 7. The summed E-state index contributed by atoms with van der Waals surface area (Å²) in [7, 11) is 0. The molecule has 1 aliphatic heterocycles. The second kappa shape index (κ2) is 5.05. The molecular formula is C13H11ClN8. The highest BCUT2D eigenvalue weighted by molar-refractivity contribution is 6.32. The van der Waals surface area contributed by atoms with Crippen LogP contribution in [0.1, 0.15) is 5.56 Å². The van der Waals surface area contributed by atoms with E-state index in [9.17, 15) is 0 Å². The molecule has 0 spiro atoms. The van der Waals surface area contributed by atoms with Crippen LogP contribution in [0.15, 0.2) is 12.1 Å². The fraction of sp³-hybridized carbons (Fsp3) is 0.308. The molecule has 1 aliphatic rings. The van der Waals surface area contributed by atoms with Crippen LogP contribution in [-0.2, 0) is 0 Å². The molecule has 2 aromatic heterocycles. The summed E-state index contributed by atoms with van der Waals surface area (Å²) in [6, 6.07) is 5.42. The number of hydrogen-bond acceptors (Lipinski definition) is 7. The predicted octanol–water partition coefficient (Wildman–Crippen LogP) is 0.607. The highest BCUT2D eigenvalue weighted by Gasteiger charge is 2.20. The quantitative estimate of drug-likeness (QED) is 0.703. The Hall–Kier alpha value is -2.50. The number of rotatable bonds is 1. The van der Waals surface area contributed by atoms with Gasteiger partial charge in [-0.2, -0.15) is 9.78 Å². The molecule has 1 fully saturated rings. The van der Waals surface area contributed by atoms with Crippen LogP contribution in [0.4, 0.5) is 5.82 Å². The van der Waals surface area contributed by atoms with Gasteiger partial charge >= 0.3 is 0 Å². The van der Waals surface area contributed by atoms with E-state index in [0.29, 0.717) is 27.3 Å². The standard InChI is InChI=1S/C13H11ClN8/c14-9-6-11-10(5-8(9)7-15)17-12(13-18-19-20-22(11)13)21-3-1-16-2-4-21/h5-6,16H,1-4H2. The molecule has 0 atom stereocenters. The van der Waals surface area contributed by atoms with Crippen molar-refractivity contribution in [3.05, 3.63) is 22.7 Å². The third-order valence-corrected chi connectivity index (χ3v) is 4.04. The van der Waals surface area contributed by atoms with Crippen LogP contribution < -0.4 is 10.2 Å². The lowest BCUT2D eigenvalue weighted by atomic mass is 10.2. The number of fused-ring (bicyclic) bond motifs is 3. The van der Waals surface area contributed by atoms with Gasteiger partial charge in [0.25, 0.3) is 0 Å². The number of anilines is 1. The Kier molecular flexibility index (Phi) is 3.03. The molecule has 0 amide bonds. The van der Waals surface area contributed by atoms with Crippen molar-refractivity contribution < 1.29 is 0 Å². The van der Waals surface area contributed by atoms with Crippen LogP contribution in [0.25, 0.3) is 16.7 Å². The van der Waals surface area contributed by atoms with Gasteiger partial charge in [0.15, 0.2) is 5.82 Å². The third-order valence-electron chi connectivity index (χ3n) is 3.73. The van der Waals surface area contributed by atoms with Crippen molar-refractivity contribution in [1.82, 2.24) is 30.3 Å². The van der Waals surface area contributed by atoms with Crippen LogP contribution >= 0.6 is 11.6 Å². The van der Waals surface area contributed by atoms with E-state index in [-0.39, 0.29) is 0 Å². The maximum Gasteiger partial charge on any atom is 0.222 e. The van der Waals surface area contributed by atoms with Crippen LogP contribution in [-0.4, -0.2) is 51.2 Å². The highest BCUT2D eigenvalue weighted by Crippen LogP contribution is 2.27. The first-order valence-electron chi connectivity index (χ1n) is 6.85. The molecule has 22 heavy (non-hydrogen) atoms. The highest BCUT2D eigenvalue weighted by atomic mass is 35.5. The summed E-state index contributed by atoms with van der Waals surface area (Å²) in [5.74, 6) is 0.727. The van der Waals surface area contributed by atoms with Crippen LogP contribution in [0.5, 0.6) is 0 Å². The molecule has 1 saturated heterocycles. The lowest BCUT2D eigenvalue weighted by molar-refractivity contribution is 0.586.